The fourth-order valence-corrected chi connectivity index (χ4v) is 1.96. The molecule has 0 aromatic heterocycles. The lowest BCUT2D eigenvalue weighted by molar-refractivity contribution is -0.0814. The van der Waals surface area contributed by atoms with Gasteiger partial charge in [-0.05, 0) is 24.1 Å². The van der Waals surface area contributed by atoms with Crippen molar-refractivity contribution in [2.75, 3.05) is 13.2 Å². The van der Waals surface area contributed by atoms with Crippen molar-refractivity contribution in [1.82, 2.24) is 5.32 Å². The van der Waals surface area contributed by atoms with Gasteiger partial charge in [-0.1, -0.05) is 23.7 Å². The first kappa shape index (κ1) is 15.6. The van der Waals surface area contributed by atoms with Gasteiger partial charge in [-0.2, -0.15) is 0 Å². The van der Waals surface area contributed by atoms with Crippen molar-refractivity contribution in [3.8, 4) is 0 Å². The van der Waals surface area contributed by atoms with E-state index in [-0.39, 0.29) is 25.0 Å². The summed E-state index contributed by atoms with van der Waals surface area (Å²) >= 11 is 5.78. The topological polar surface area (TPSA) is 21.3 Å². The van der Waals surface area contributed by atoms with Crippen molar-refractivity contribution in [2.45, 2.75) is 25.0 Å². The van der Waals surface area contributed by atoms with E-state index >= 15 is 0 Å². The van der Waals surface area contributed by atoms with E-state index in [9.17, 15) is 8.78 Å². The Morgan fingerprint density at radius 2 is 2.00 bits per heavy atom. The molecule has 1 aliphatic rings. The first-order valence-corrected chi connectivity index (χ1v) is 5.90. The molecule has 0 unspecified atom stereocenters. The highest BCUT2D eigenvalue weighted by molar-refractivity contribution is 6.30. The van der Waals surface area contributed by atoms with Crippen molar-refractivity contribution in [2.24, 2.45) is 0 Å². The van der Waals surface area contributed by atoms with Crippen LogP contribution in [0.1, 0.15) is 5.56 Å². The minimum absolute atomic E-state index is 0. The normalized spacial score (nSPS) is 23.8. The van der Waals surface area contributed by atoms with Crippen LogP contribution >= 0.6 is 24.0 Å². The SMILES string of the molecule is Cl.FC(F)[C@H]1CN[C@@H](Cc2ccc(Cl)cc2)CO1. The Hall–Kier alpha value is -0.420. The van der Waals surface area contributed by atoms with Gasteiger partial charge in [0.2, 0.25) is 0 Å². The van der Waals surface area contributed by atoms with Crippen molar-refractivity contribution >= 4 is 24.0 Å². The quantitative estimate of drug-likeness (QED) is 0.926. The maximum Gasteiger partial charge on any atom is 0.265 e. The van der Waals surface area contributed by atoms with Gasteiger partial charge in [-0.25, -0.2) is 8.78 Å². The molecule has 1 N–H and O–H groups in total. The molecular formula is C12H15Cl2F2NO. The molecule has 1 saturated heterocycles. The summed E-state index contributed by atoms with van der Waals surface area (Å²) < 4.78 is 29.8. The summed E-state index contributed by atoms with van der Waals surface area (Å²) in [4.78, 5) is 0. The lowest BCUT2D eigenvalue weighted by Gasteiger charge is -2.29. The minimum Gasteiger partial charge on any atom is -0.369 e. The molecule has 1 aromatic rings. The number of hydrogen-bond donors (Lipinski definition) is 1. The Labute approximate surface area is 116 Å². The van der Waals surface area contributed by atoms with Crippen molar-refractivity contribution in [1.29, 1.82) is 0 Å². The number of halogens is 4. The molecule has 0 saturated carbocycles. The van der Waals surface area contributed by atoms with E-state index in [0.717, 1.165) is 12.0 Å². The van der Waals surface area contributed by atoms with Crippen LogP contribution in [0.5, 0.6) is 0 Å². The Bertz CT molecular complexity index is 354. The van der Waals surface area contributed by atoms with E-state index in [2.05, 4.69) is 5.32 Å². The molecule has 1 aromatic carbocycles. The van der Waals surface area contributed by atoms with Crippen LogP contribution in [0.15, 0.2) is 24.3 Å². The van der Waals surface area contributed by atoms with E-state index in [1.807, 2.05) is 24.3 Å². The van der Waals surface area contributed by atoms with E-state index in [0.29, 0.717) is 11.6 Å². The van der Waals surface area contributed by atoms with Gasteiger partial charge < -0.3 is 10.1 Å². The number of alkyl halides is 2. The lowest BCUT2D eigenvalue weighted by atomic mass is 10.1. The maximum atomic E-state index is 12.3. The van der Waals surface area contributed by atoms with Crippen LogP contribution in [0.3, 0.4) is 0 Å². The summed E-state index contributed by atoms with van der Waals surface area (Å²) in [6, 6.07) is 7.60. The summed E-state index contributed by atoms with van der Waals surface area (Å²) in [6.07, 6.45) is -2.64. The van der Waals surface area contributed by atoms with Crippen LogP contribution < -0.4 is 5.32 Å². The third-order valence-electron chi connectivity index (χ3n) is 2.80. The molecule has 18 heavy (non-hydrogen) atoms. The molecular weight excluding hydrogens is 283 g/mol. The summed E-state index contributed by atoms with van der Waals surface area (Å²) in [5.74, 6) is 0. The number of morpholine rings is 1. The van der Waals surface area contributed by atoms with Gasteiger partial charge in [0.05, 0.1) is 6.61 Å². The fourth-order valence-electron chi connectivity index (χ4n) is 1.84. The molecule has 6 heteroatoms. The second-order valence-electron chi connectivity index (χ2n) is 4.14. The zero-order valence-electron chi connectivity index (χ0n) is 9.61. The predicted octanol–water partition coefficient (Wildman–Crippen LogP) is 2.93. The third-order valence-corrected chi connectivity index (χ3v) is 3.05. The number of hydrogen-bond acceptors (Lipinski definition) is 2. The molecule has 2 nitrogen and oxygen atoms in total. The van der Waals surface area contributed by atoms with E-state index in [4.69, 9.17) is 16.3 Å². The largest absolute Gasteiger partial charge is 0.369 e. The van der Waals surface area contributed by atoms with E-state index in [1.165, 1.54) is 0 Å². The first-order valence-electron chi connectivity index (χ1n) is 5.53. The summed E-state index contributed by atoms with van der Waals surface area (Å²) in [5.41, 5.74) is 1.12. The van der Waals surface area contributed by atoms with Gasteiger partial charge >= 0.3 is 0 Å². The highest BCUT2D eigenvalue weighted by atomic mass is 35.5. The molecule has 102 valence electrons. The molecule has 0 radical (unpaired) electrons. The van der Waals surface area contributed by atoms with Crippen LogP contribution in [0.4, 0.5) is 8.78 Å². The van der Waals surface area contributed by atoms with Gasteiger partial charge in [0.15, 0.2) is 0 Å². The molecule has 0 aliphatic carbocycles. The molecule has 2 atom stereocenters. The zero-order chi connectivity index (χ0) is 12.3. The Morgan fingerprint density at radius 3 is 2.50 bits per heavy atom. The Balaban J connectivity index is 0.00000162. The smallest absolute Gasteiger partial charge is 0.265 e. The van der Waals surface area contributed by atoms with Crippen LogP contribution in [-0.2, 0) is 11.2 Å². The second-order valence-corrected chi connectivity index (χ2v) is 4.58. The zero-order valence-corrected chi connectivity index (χ0v) is 11.2. The van der Waals surface area contributed by atoms with Gasteiger partial charge in [-0.3, -0.25) is 0 Å². The molecule has 0 spiro atoms. The molecule has 1 aliphatic heterocycles. The Kier molecular flexibility index (Phi) is 6.29. The molecule has 2 rings (SSSR count). The number of nitrogens with one attached hydrogen (secondary N) is 1. The Morgan fingerprint density at radius 1 is 1.33 bits per heavy atom. The average Bonchev–Trinajstić information content (AvgIpc) is 2.33. The van der Waals surface area contributed by atoms with E-state index in [1.54, 1.807) is 0 Å². The van der Waals surface area contributed by atoms with Crippen LogP contribution in [-0.4, -0.2) is 31.7 Å². The van der Waals surface area contributed by atoms with Crippen LogP contribution in [0.25, 0.3) is 0 Å². The predicted molar refractivity (Wildman–Crippen MR) is 69.9 cm³/mol. The van der Waals surface area contributed by atoms with Crippen molar-refractivity contribution in [3.63, 3.8) is 0 Å². The highest BCUT2D eigenvalue weighted by Gasteiger charge is 2.27. The monoisotopic (exact) mass is 297 g/mol. The molecule has 0 bridgehead atoms. The fraction of sp³-hybridized carbons (Fsp3) is 0.500. The van der Waals surface area contributed by atoms with Crippen LogP contribution in [0, 0.1) is 0 Å². The van der Waals surface area contributed by atoms with Gasteiger partial charge in [-0.15, -0.1) is 12.4 Å². The van der Waals surface area contributed by atoms with Crippen molar-refractivity contribution < 1.29 is 13.5 Å². The first-order chi connectivity index (χ1) is 8.15. The minimum atomic E-state index is -2.42. The van der Waals surface area contributed by atoms with Gasteiger partial charge in [0.1, 0.15) is 6.10 Å². The highest BCUT2D eigenvalue weighted by Crippen LogP contribution is 2.14. The molecule has 1 heterocycles. The maximum absolute atomic E-state index is 12.3. The summed E-state index contributed by atoms with van der Waals surface area (Å²) in [5, 5.41) is 3.77. The second kappa shape index (κ2) is 7.24. The summed E-state index contributed by atoms with van der Waals surface area (Å²) in [7, 11) is 0. The average molecular weight is 298 g/mol. The van der Waals surface area contributed by atoms with Crippen molar-refractivity contribution in [3.05, 3.63) is 34.9 Å². The number of ether oxygens (including phenoxy) is 1. The standard InChI is InChI=1S/C12H14ClF2NO.ClH/c13-9-3-1-8(2-4-9)5-10-7-17-11(6-16-10)12(14)15;/h1-4,10-12,16H,5-7H2;1H/t10-,11+;/m0./s1. The van der Waals surface area contributed by atoms with Gasteiger partial charge in [0.25, 0.3) is 6.43 Å². The lowest BCUT2D eigenvalue weighted by Crippen LogP contribution is -2.49. The third kappa shape index (κ3) is 4.35. The van der Waals surface area contributed by atoms with Gasteiger partial charge in [0, 0.05) is 17.6 Å². The molecule has 0 amide bonds. The summed E-state index contributed by atoms with van der Waals surface area (Å²) in [6.45, 7) is 0.521. The number of rotatable bonds is 3. The van der Waals surface area contributed by atoms with E-state index < -0.39 is 12.5 Å². The van der Waals surface area contributed by atoms with Crippen LogP contribution in [0.2, 0.25) is 5.02 Å². The number of benzene rings is 1. The molecule has 1 fully saturated rings.